The maximum atomic E-state index is 5.14. The van der Waals surface area contributed by atoms with Crippen molar-refractivity contribution in [2.45, 2.75) is 0 Å². The van der Waals surface area contributed by atoms with Crippen molar-refractivity contribution in [2.75, 3.05) is 12.5 Å². The number of ether oxygens (including phenoxy) is 1. The van der Waals surface area contributed by atoms with Gasteiger partial charge in [-0.15, -0.1) is 15.3 Å². The molecule has 4 aromatic rings. The second-order valence-electron chi connectivity index (χ2n) is 5.14. The standard InChI is InChI=1S/C17H14N6O/c1-24-13-8-6-12(7-9-13)10-18-20-16-14-4-2-3-5-15(14)17-21-19-11-23(17)22-16/h2-11H,1H3,(H,20,22)/b18-10-. The van der Waals surface area contributed by atoms with Gasteiger partial charge in [-0.3, -0.25) is 5.43 Å². The Morgan fingerprint density at radius 1 is 1.08 bits per heavy atom. The fraction of sp³-hybridized carbons (Fsp3) is 0.0588. The molecule has 0 fully saturated rings. The molecule has 0 amide bonds. The van der Waals surface area contributed by atoms with Crippen LogP contribution in [0.3, 0.4) is 0 Å². The Balaban J connectivity index is 1.66. The Kier molecular flexibility index (Phi) is 3.51. The van der Waals surface area contributed by atoms with E-state index in [1.165, 1.54) is 0 Å². The minimum Gasteiger partial charge on any atom is -0.497 e. The number of hydrazone groups is 1. The van der Waals surface area contributed by atoms with Crippen LogP contribution in [0.4, 0.5) is 5.82 Å². The lowest BCUT2D eigenvalue weighted by molar-refractivity contribution is 0.415. The van der Waals surface area contributed by atoms with Gasteiger partial charge in [-0.05, 0) is 29.8 Å². The predicted octanol–water partition coefficient (Wildman–Crippen LogP) is 2.73. The lowest BCUT2D eigenvalue weighted by atomic mass is 10.2. The fourth-order valence-electron chi connectivity index (χ4n) is 2.47. The first kappa shape index (κ1) is 14.1. The molecule has 4 rings (SSSR count). The van der Waals surface area contributed by atoms with Crippen molar-refractivity contribution in [1.29, 1.82) is 0 Å². The van der Waals surface area contributed by atoms with Crippen LogP contribution in [-0.2, 0) is 0 Å². The lowest BCUT2D eigenvalue weighted by Gasteiger charge is -2.06. The average Bonchev–Trinajstić information content (AvgIpc) is 3.11. The van der Waals surface area contributed by atoms with Crippen LogP contribution in [0.25, 0.3) is 16.4 Å². The van der Waals surface area contributed by atoms with Gasteiger partial charge in [0.1, 0.15) is 12.1 Å². The molecule has 0 unspecified atom stereocenters. The van der Waals surface area contributed by atoms with Gasteiger partial charge in [-0.2, -0.15) is 9.62 Å². The van der Waals surface area contributed by atoms with Gasteiger partial charge in [0.25, 0.3) is 0 Å². The van der Waals surface area contributed by atoms with Gasteiger partial charge in [-0.25, -0.2) is 0 Å². The van der Waals surface area contributed by atoms with E-state index in [-0.39, 0.29) is 0 Å². The zero-order chi connectivity index (χ0) is 16.4. The third-order valence-corrected chi connectivity index (χ3v) is 3.66. The molecule has 0 bridgehead atoms. The molecule has 118 valence electrons. The van der Waals surface area contributed by atoms with Crippen LogP contribution in [0.15, 0.2) is 60.0 Å². The average molecular weight is 318 g/mol. The molecule has 0 aliphatic heterocycles. The lowest BCUT2D eigenvalue weighted by Crippen LogP contribution is -2.00. The monoisotopic (exact) mass is 318 g/mol. The van der Waals surface area contributed by atoms with Crippen molar-refractivity contribution in [1.82, 2.24) is 19.8 Å². The number of aromatic nitrogens is 4. The summed E-state index contributed by atoms with van der Waals surface area (Å²) in [5.74, 6) is 1.45. The highest BCUT2D eigenvalue weighted by atomic mass is 16.5. The van der Waals surface area contributed by atoms with E-state index >= 15 is 0 Å². The van der Waals surface area contributed by atoms with Crippen LogP contribution in [-0.4, -0.2) is 33.1 Å². The molecule has 0 aliphatic carbocycles. The Morgan fingerprint density at radius 3 is 2.67 bits per heavy atom. The number of nitrogens with zero attached hydrogens (tertiary/aromatic N) is 5. The molecule has 2 heterocycles. The van der Waals surface area contributed by atoms with Crippen molar-refractivity contribution in [3.05, 3.63) is 60.4 Å². The van der Waals surface area contributed by atoms with E-state index in [0.717, 1.165) is 27.7 Å². The van der Waals surface area contributed by atoms with E-state index in [9.17, 15) is 0 Å². The normalized spacial score (nSPS) is 11.4. The fourth-order valence-corrected chi connectivity index (χ4v) is 2.47. The number of rotatable bonds is 4. The quantitative estimate of drug-likeness (QED) is 0.462. The summed E-state index contributed by atoms with van der Waals surface area (Å²) < 4.78 is 6.77. The minimum atomic E-state index is 0.641. The summed E-state index contributed by atoms with van der Waals surface area (Å²) in [6.45, 7) is 0. The maximum absolute atomic E-state index is 5.14. The Hall–Kier alpha value is -3.48. The van der Waals surface area contributed by atoms with Crippen molar-refractivity contribution in [2.24, 2.45) is 5.10 Å². The smallest absolute Gasteiger partial charge is 0.185 e. The summed E-state index contributed by atoms with van der Waals surface area (Å²) in [4.78, 5) is 0. The molecule has 2 aromatic heterocycles. The summed E-state index contributed by atoms with van der Waals surface area (Å²) in [5.41, 5.74) is 4.67. The maximum Gasteiger partial charge on any atom is 0.185 e. The molecule has 0 saturated carbocycles. The molecule has 0 radical (unpaired) electrons. The van der Waals surface area contributed by atoms with E-state index < -0.39 is 0 Å². The Morgan fingerprint density at radius 2 is 1.88 bits per heavy atom. The van der Waals surface area contributed by atoms with Gasteiger partial charge in [0.2, 0.25) is 0 Å². The molecular weight excluding hydrogens is 304 g/mol. The number of hydrogen-bond donors (Lipinski definition) is 1. The first-order chi connectivity index (χ1) is 11.8. The molecule has 0 saturated heterocycles. The molecule has 7 heteroatoms. The highest BCUT2D eigenvalue weighted by Gasteiger charge is 2.08. The zero-order valence-corrected chi connectivity index (χ0v) is 12.9. The number of benzene rings is 2. The van der Waals surface area contributed by atoms with Crippen LogP contribution in [0, 0.1) is 0 Å². The first-order valence-electron chi connectivity index (χ1n) is 7.37. The van der Waals surface area contributed by atoms with E-state index in [4.69, 9.17) is 4.74 Å². The Labute approximate surface area is 137 Å². The number of methoxy groups -OCH3 is 1. The molecule has 2 aromatic carbocycles. The third-order valence-electron chi connectivity index (χ3n) is 3.66. The van der Waals surface area contributed by atoms with Gasteiger partial charge in [0, 0.05) is 10.8 Å². The van der Waals surface area contributed by atoms with Crippen LogP contribution in [0.1, 0.15) is 5.56 Å². The van der Waals surface area contributed by atoms with Gasteiger partial charge in [-0.1, -0.05) is 24.3 Å². The van der Waals surface area contributed by atoms with Gasteiger partial charge in [0.05, 0.1) is 13.3 Å². The zero-order valence-electron chi connectivity index (χ0n) is 12.9. The molecule has 7 nitrogen and oxygen atoms in total. The predicted molar refractivity (Wildman–Crippen MR) is 92.5 cm³/mol. The second kappa shape index (κ2) is 5.96. The highest BCUT2D eigenvalue weighted by molar-refractivity contribution is 5.99. The molecule has 1 N–H and O–H groups in total. The number of hydrogen-bond acceptors (Lipinski definition) is 6. The summed E-state index contributed by atoms with van der Waals surface area (Å²) in [6.07, 6.45) is 3.30. The van der Waals surface area contributed by atoms with E-state index in [2.05, 4.69) is 25.8 Å². The van der Waals surface area contributed by atoms with Crippen molar-refractivity contribution in [3.63, 3.8) is 0 Å². The summed E-state index contributed by atoms with van der Waals surface area (Å²) in [6, 6.07) is 15.5. The van der Waals surface area contributed by atoms with Crippen LogP contribution < -0.4 is 10.2 Å². The van der Waals surface area contributed by atoms with Crippen LogP contribution in [0.2, 0.25) is 0 Å². The van der Waals surface area contributed by atoms with Crippen molar-refractivity contribution in [3.8, 4) is 5.75 Å². The van der Waals surface area contributed by atoms with E-state index in [1.807, 2.05) is 48.5 Å². The number of fused-ring (bicyclic) bond motifs is 3. The van der Waals surface area contributed by atoms with E-state index in [0.29, 0.717) is 5.82 Å². The number of anilines is 1. The topological polar surface area (TPSA) is 76.7 Å². The van der Waals surface area contributed by atoms with Gasteiger partial charge >= 0.3 is 0 Å². The summed E-state index contributed by atoms with van der Waals surface area (Å²) in [5, 5.41) is 18.7. The van der Waals surface area contributed by atoms with E-state index in [1.54, 1.807) is 24.2 Å². The van der Waals surface area contributed by atoms with Gasteiger partial charge in [0.15, 0.2) is 11.5 Å². The highest BCUT2D eigenvalue weighted by Crippen LogP contribution is 2.23. The SMILES string of the molecule is COc1ccc(/C=N\Nc2nn3cnnc3c3ccccc23)cc1. The molecule has 0 spiro atoms. The minimum absolute atomic E-state index is 0.641. The van der Waals surface area contributed by atoms with Crippen LogP contribution in [0.5, 0.6) is 5.75 Å². The first-order valence-corrected chi connectivity index (χ1v) is 7.37. The van der Waals surface area contributed by atoms with Gasteiger partial charge < -0.3 is 4.74 Å². The molecule has 24 heavy (non-hydrogen) atoms. The molecular formula is C17H14N6O. The van der Waals surface area contributed by atoms with Crippen molar-refractivity contribution >= 4 is 28.5 Å². The summed E-state index contributed by atoms with van der Waals surface area (Å²) >= 11 is 0. The van der Waals surface area contributed by atoms with Crippen molar-refractivity contribution < 1.29 is 4.74 Å². The third kappa shape index (κ3) is 2.52. The van der Waals surface area contributed by atoms with Crippen LogP contribution >= 0.6 is 0 Å². The molecule has 0 atom stereocenters. The second-order valence-corrected chi connectivity index (χ2v) is 5.14. The summed E-state index contributed by atoms with van der Waals surface area (Å²) in [7, 11) is 1.64. The largest absolute Gasteiger partial charge is 0.497 e. The Bertz CT molecular complexity index is 1020. The number of nitrogens with one attached hydrogen (secondary N) is 1. The molecule has 0 aliphatic rings.